The topological polar surface area (TPSA) is 75.6 Å². The van der Waals surface area contributed by atoms with Crippen LogP contribution in [0.25, 0.3) is 10.4 Å². The van der Waals surface area contributed by atoms with Crippen LogP contribution in [-0.2, 0) is 0 Å². The Morgan fingerprint density at radius 1 is 1.11 bits per heavy atom. The Morgan fingerprint density at radius 3 is 2.41 bits per heavy atom. The highest BCUT2D eigenvalue weighted by Crippen LogP contribution is 2.40. The maximum Gasteiger partial charge on any atom is 0.339 e. The minimum Gasteiger partial charge on any atom is -0.497 e. The summed E-state index contributed by atoms with van der Waals surface area (Å²) in [7, 11) is 1.53. The Labute approximate surface area is 169 Å². The monoisotopic (exact) mass is 421 g/mol. The third-order valence-corrected chi connectivity index (χ3v) is 5.34. The Balaban J connectivity index is 1.95. The van der Waals surface area contributed by atoms with Crippen LogP contribution >= 0.6 is 34.5 Å². The first kappa shape index (κ1) is 19.2. The standard InChI is InChI=1S/C19H13Cl2NO4S/c1-26-12-5-2-10(3-6-12)18(23)22-15-9-27-17(16(15)19(24)25)13-7-4-11(20)8-14(13)21/h2-9H,1H3,(H,22,23)(H,24,25). The number of benzene rings is 2. The molecule has 0 unspecified atom stereocenters. The number of rotatable bonds is 5. The van der Waals surface area contributed by atoms with Crippen LogP contribution in [0.5, 0.6) is 5.75 Å². The van der Waals surface area contributed by atoms with Crippen LogP contribution in [0.4, 0.5) is 5.69 Å². The van der Waals surface area contributed by atoms with Crippen LogP contribution in [0.15, 0.2) is 47.8 Å². The fourth-order valence-corrected chi connectivity index (χ4v) is 4.06. The maximum absolute atomic E-state index is 12.5. The van der Waals surface area contributed by atoms with Crippen LogP contribution in [0.3, 0.4) is 0 Å². The van der Waals surface area contributed by atoms with Gasteiger partial charge in [-0.15, -0.1) is 11.3 Å². The normalized spacial score (nSPS) is 10.5. The number of ether oxygens (including phenoxy) is 1. The number of anilines is 1. The van der Waals surface area contributed by atoms with Crippen molar-refractivity contribution in [1.82, 2.24) is 0 Å². The molecule has 1 heterocycles. The highest BCUT2D eigenvalue weighted by Gasteiger charge is 2.23. The second-order valence-corrected chi connectivity index (χ2v) is 7.19. The Bertz CT molecular complexity index is 1020. The van der Waals surface area contributed by atoms with Crippen molar-refractivity contribution < 1.29 is 19.4 Å². The van der Waals surface area contributed by atoms with Gasteiger partial charge in [-0.1, -0.05) is 29.3 Å². The van der Waals surface area contributed by atoms with E-state index in [1.165, 1.54) is 18.4 Å². The zero-order chi connectivity index (χ0) is 19.6. The van der Waals surface area contributed by atoms with Gasteiger partial charge >= 0.3 is 5.97 Å². The van der Waals surface area contributed by atoms with Crippen molar-refractivity contribution in [3.63, 3.8) is 0 Å². The largest absolute Gasteiger partial charge is 0.497 e. The number of thiophene rings is 1. The van der Waals surface area contributed by atoms with E-state index in [9.17, 15) is 14.7 Å². The molecule has 0 atom stereocenters. The number of carbonyl (C=O) groups excluding carboxylic acids is 1. The first-order valence-electron chi connectivity index (χ1n) is 7.66. The van der Waals surface area contributed by atoms with Crippen LogP contribution in [0, 0.1) is 0 Å². The number of hydrogen-bond donors (Lipinski definition) is 2. The van der Waals surface area contributed by atoms with E-state index in [1.807, 2.05) is 0 Å². The van der Waals surface area contributed by atoms with Crippen LogP contribution in [-0.4, -0.2) is 24.1 Å². The predicted octanol–water partition coefficient (Wildman–Crippen LogP) is 5.68. The fourth-order valence-electron chi connectivity index (χ4n) is 2.47. The van der Waals surface area contributed by atoms with Gasteiger partial charge in [0.05, 0.1) is 22.7 Å². The van der Waals surface area contributed by atoms with Gasteiger partial charge in [-0.25, -0.2) is 4.79 Å². The van der Waals surface area contributed by atoms with E-state index >= 15 is 0 Å². The number of carboxylic acids is 1. The summed E-state index contributed by atoms with van der Waals surface area (Å²) in [6.07, 6.45) is 0. The highest BCUT2D eigenvalue weighted by molar-refractivity contribution is 7.14. The van der Waals surface area contributed by atoms with Crippen LogP contribution < -0.4 is 10.1 Å². The molecule has 0 aliphatic heterocycles. The van der Waals surface area contributed by atoms with E-state index in [2.05, 4.69) is 5.32 Å². The molecule has 3 aromatic rings. The first-order chi connectivity index (χ1) is 12.9. The minimum absolute atomic E-state index is 0.0221. The summed E-state index contributed by atoms with van der Waals surface area (Å²) < 4.78 is 5.06. The summed E-state index contributed by atoms with van der Waals surface area (Å²) >= 11 is 13.3. The van der Waals surface area contributed by atoms with Crippen molar-refractivity contribution in [2.24, 2.45) is 0 Å². The zero-order valence-corrected chi connectivity index (χ0v) is 16.3. The fraction of sp³-hybridized carbons (Fsp3) is 0.0526. The number of carbonyl (C=O) groups is 2. The van der Waals surface area contributed by atoms with Gasteiger partial charge in [0.1, 0.15) is 11.3 Å². The summed E-state index contributed by atoms with van der Waals surface area (Å²) in [5, 5.41) is 14.7. The third kappa shape index (κ3) is 4.08. The molecule has 2 aromatic carbocycles. The highest BCUT2D eigenvalue weighted by atomic mass is 35.5. The molecule has 3 rings (SSSR count). The van der Waals surface area contributed by atoms with Gasteiger partial charge in [-0.3, -0.25) is 4.79 Å². The summed E-state index contributed by atoms with van der Waals surface area (Å²) in [4.78, 5) is 24.7. The molecule has 27 heavy (non-hydrogen) atoms. The molecular formula is C19H13Cl2NO4S. The van der Waals surface area contributed by atoms with Crippen molar-refractivity contribution in [2.45, 2.75) is 0 Å². The van der Waals surface area contributed by atoms with Gasteiger partial charge in [0.25, 0.3) is 5.91 Å². The lowest BCUT2D eigenvalue weighted by molar-refractivity contribution is 0.0699. The summed E-state index contributed by atoms with van der Waals surface area (Å²) in [6.45, 7) is 0. The van der Waals surface area contributed by atoms with Crippen LogP contribution in [0.1, 0.15) is 20.7 Å². The second kappa shape index (κ2) is 8.00. The average molecular weight is 422 g/mol. The average Bonchev–Trinajstić information content (AvgIpc) is 3.05. The maximum atomic E-state index is 12.5. The lowest BCUT2D eigenvalue weighted by atomic mass is 10.1. The first-order valence-corrected chi connectivity index (χ1v) is 9.30. The number of methoxy groups -OCH3 is 1. The molecular weight excluding hydrogens is 409 g/mol. The molecule has 138 valence electrons. The van der Waals surface area contributed by atoms with Gasteiger partial charge in [-0.2, -0.15) is 0 Å². The third-order valence-electron chi connectivity index (χ3n) is 3.78. The predicted molar refractivity (Wildman–Crippen MR) is 108 cm³/mol. The van der Waals surface area contributed by atoms with E-state index in [0.717, 1.165) is 0 Å². The van der Waals surface area contributed by atoms with Gasteiger partial charge in [0, 0.05) is 21.5 Å². The van der Waals surface area contributed by atoms with E-state index in [1.54, 1.807) is 47.8 Å². The molecule has 0 bridgehead atoms. The second-order valence-electron chi connectivity index (χ2n) is 5.47. The minimum atomic E-state index is -1.16. The Hall–Kier alpha value is -2.54. The molecule has 0 saturated carbocycles. The molecule has 0 radical (unpaired) electrons. The van der Waals surface area contributed by atoms with Crippen molar-refractivity contribution in [3.05, 3.63) is 69.0 Å². The lowest BCUT2D eigenvalue weighted by Gasteiger charge is -2.08. The lowest BCUT2D eigenvalue weighted by Crippen LogP contribution is -2.14. The number of aromatic carboxylic acids is 1. The quantitative estimate of drug-likeness (QED) is 0.555. The van der Waals surface area contributed by atoms with Gasteiger partial charge in [0.15, 0.2) is 0 Å². The van der Waals surface area contributed by atoms with Crippen molar-refractivity contribution in [1.29, 1.82) is 0 Å². The number of nitrogens with one attached hydrogen (secondary N) is 1. The van der Waals surface area contributed by atoms with E-state index < -0.39 is 11.9 Å². The molecule has 5 nitrogen and oxygen atoms in total. The van der Waals surface area contributed by atoms with Gasteiger partial charge in [0.2, 0.25) is 0 Å². The summed E-state index contributed by atoms with van der Waals surface area (Å²) in [5.41, 5.74) is 1.10. The van der Waals surface area contributed by atoms with Crippen molar-refractivity contribution in [2.75, 3.05) is 12.4 Å². The van der Waals surface area contributed by atoms with E-state index in [4.69, 9.17) is 27.9 Å². The van der Waals surface area contributed by atoms with Crippen molar-refractivity contribution in [3.8, 4) is 16.2 Å². The number of amides is 1. The number of hydrogen-bond acceptors (Lipinski definition) is 4. The molecule has 0 fully saturated rings. The van der Waals surface area contributed by atoms with E-state index in [0.29, 0.717) is 31.8 Å². The Kier molecular flexibility index (Phi) is 5.70. The summed E-state index contributed by atoms with van der Waals surface area (Å²) in [6, 6.07) is 11.3. The molecule has 1 amide bonds. The SMILES string of the molecule is COc1ccc(C(=O)Nc2csc(-c3ccc(Cl)cc3Cl)c2C(=O)O)cc1. The van der Waals surface area contributed by atoms with Gasteiger partial charge < -0.3 is 15.2 Å². The zero-order valence-electron chi connectivity index (χ0n) is 14.0. The molecule has 2 N–H and O–H groups in total. The van der Waals surface area contributed by atoms with Crippen LogP contribution in [0.2, 0.25) is 10.0 Å². The molecule has 0 aliphatic rings. The smallest absolute Gasteiger partial charge is 0.339 e. The molecule has 0 saturated heterocycles. The number of carboxylic acid groups (broad SMARTS) is 1. The number of halogens is 2. The molecule has 1 aromatic heterocycles. The van der Waals surface area contributed by atoms with E-state index in [-0.39, 0.29) is 11.3 Å². The summed E-state index contributed by atoms with van der Waals surface area (Å²) in [5.74, 6) is -0.970. The van der Waals surface area contributed by atoms with Crippen molar-refractivity contribution >= 4 is 52.1 Å². The van der Waals surface area contributed by atoms with Gasteiger partial charge in [-0.05, 0) is 36.4 Å². The Morgan fingerprint density at radius 2 is 1.81 bits per heavy atom. The molecule has 8 heteroatoms. The molecule has 0 spiro atoms. The molecule has 0 aliphatic carbocycles.